The first-order chi connectivity index (χ1) is 10.5. The van der Waals surface area contributed by atoms with Gasteiger partial charge in [-0.3, -0.25) is 9.48 Å². The quantitative estimate of drug-likeness (QED) is 0.939. The molecule has 1 amide bonds. The minimum absolute atomic E-state index is 0.0353. The molecule has 1 aliphatic heterocycles. The molecule has 1 N–H and O–H groups in total. The van der Waals surface area contributed by atoms with Crippen LogP contribution in [0, 0.1) is 0 Å². The van der Waals surface area contributed by atoms with Gasteiger partial charge in [-0.1, -0.05) is 0 Å². The number of carbonyl (C=O) groups excluding carboxylic acids is 1. The van der Waals surface area contributed by atoms with Crippen LogP contribution in [0.3, 0.4) is 0 Å². The van der Waals surface area contributed by atoms with Gasteiger partial charge in [0.1, 0.15) is 0 Å². The van der Waals surface area contributed by atoms with Crippen LogP contribution in [0.5, 0.6) is 0 Å². The first-order valence-corrected chi connectivity index (χ1v) is 7.56. The maximum atomic E-state index is 12.5. The number of amides is 1. The Bertz CT molecular complexity index is 701. The summed E-state index contributed by atoms with van der Waals surface area (Å²) in [5.41, 5.74) is 3.61. The van der Waals surface area contributed by atoms with Crippen LogP contribution in [-0.2, 0) is 31.8 Å². The summed E-state index contributed by atoms with van der Waals surface area (Å²) in [5, 5.41) is 7.37. The van der Waals surface area contributed by atoms with E-state index >= 15 is 0 Å². The molecule has 2 aromatic rings. The van der Waals surface area contributed by atoms with Gasteiger partial charge in [0.25, 0.3) is 5.91 Å². The Morgan fingerprint density at radius 1 is 1.45 bits per heavy atom. The largest absolute Gasteiger partial charge is 0.369 e. The van der Waals surface area contributed by atoms with Gasteiger partial charge in [-0.25, -0.2) is 0 Å². The average molecular weight is 302 g/mol. The molecule has 1 aliphatic rings. The number of nitrogens with one attached hydrogen (secondary N) is 1. The highest BCUT2D eigenvalue weighted by Crippen LogP contribution is 2.31. The van der Waals surface area contributed by atoms with Gasteiger partial charge in [-0.15, -0.1) is 0 Å². The third kappa shape index (κ3) is 2.66. The van der Waals surface area contributed by atoms with E-state index < -0.39 is 0 Å². The SMILES string of the molecule is C[C@@H]1Cc2c(C(=O)NCc3ccn(C)c3)nn(C)c2[C@H](C)O1. The normalized spacial score (nSPS) is 20.7. The molecule has 2 atom stereocenters. The van der Waals surface area contributed by atoms with Gasteiger partial charge in [0, 0.05) is 45.0 Å². The molecule has 0 aliphatic carbocycles. The number of carbonyl (C=O) groups is 1. The molecule has 0 fully saturated rings. The summed E-state index contributed by atoms with van der Waals surface area (Å²) in [5.74, 6) is -0.123. The number of hydrogen-bond donors (Lipinski definition) is 1. The van der Waals surface area contributed by atoms with E-state index in [1.807, 2.05) is 51.0 Å². The summed E-state index contributed by atoms with van der Waals surface area (Å²) in [6.07, 6.45) is 4.75. The molecule has 22 heavy (non-hydrogen) atoms. The highest BCUT2D eigenvalue weighted by atomic mass is 16.5. The molecular formula is C16H22N4O2. The molecule has 3 heterocycles. The number of nitrogens with zero attached hydrogens (tertiary/aromatic N) is 3. The summed E-state index contributed by atoms with van der Waals surface area (Å²) in [4.78, 5) is 12.5. The Hall–Kier alpha value is -2.08. The first-order valence-electron chi connectivity index (χ1n) is 7.56. The van der Waals surface area contributed by atoms with E-state index in [0.717, 1.165) is 23.2 Å². The molecule has 0 spiro atoms. The van der Waals surface area contributed by atoms with Crippen molar-refractivity contribution in [2.45, 2.75) is 39.0 Å². The number of rotatable bonds is 3. The van der Waals surface area contributed by atoms with Gasteiger partial charge >= 0.3 is 0 Å². The molecule has 0 unspecified atom stereocenters. The number of aryl methyl sites for hydroxylation is 2. The van der Waals surface area contributed by atoms with Crippen LogP contribution >= 0.6 is 0 Å². The van der Waals surface area contributed by atoms with Crippen LogP contribution in [0.15, 0.2) is 18.5 Å². The van der Waals surface area contributed by atoms with Crippen LogP contribution < -0.4 is 5.32 Å². The zero-order valence-electron chi connectivity index (χ0n) is 13.5. The molecule has 6 nitrogen and oxygen atoms in total. The van der Waals surface area contributed by atoms with Crippen LogP contribution in [0.1, 0.15) is 47.3 Å². The van der Waals surface area contributed by atoms with E-state index in [-0.39, 0.29) is 18.1 Å². The van der Waals surface area contributed by atoms with Crippen molar-refractivity contribution in [3.8, 4) is 0 Å². The number of aromatic nitrogens is 3. The predicted molar refractivity (Wildman–Crippen MR) is 82.5 cm³/mol. The second-order valence-corrected chi connectivity index (χ2v) is 6.00. The molecule has 3 rings (SSSR count). The van der Waals surface area contributed by atoms with Crippen molar-refractivity contribution in [1.82, 2.24) is 19.7 Å². The molecule has 118 valence electrons. The Morgan fingerprint density at radius 3 is 2.91 bits per heavy atom. The second-order valence-electron chi connectivity index (χ2n) is 6.00. The fourth-order valence-corrected chi connectivity index (χ4v) is 3.15. The van der Waals surface area contributed by atoms with Gasteiger partial charge in [-0.05, 0) is 25.5 Å². The lowest BCUT2D eigenvalue weighted by molar-refractivity contribution is -0.00903. The minimum atomic E-state index is -0.123. The van der Waals surface area contributed by atoms with Crippen LogP contribution in [0.25, 0.3) is 0 Å². The summed E-state index contributed by atoms with van der Waals surface area (Å²) in [6, 6.07) is 1.99. The molecule has 0 saturated carbocycles. The Morgan fingerprint density at radius 2 is 2.23 bits per heavy atom. The van der Waals surface area contributed by atoms with E-state index in [1.165, 1.54) is 0 Å². The van der Waals surface area contributed by atoms with Crippen molar-refractivity contribution in [1.29, 1.82) is 0 Å². The van der Waals surface area contributed by atoms with E-state index in [0.29, 0.717) is 12.2 Å². The molecule has 2 aromatic heterocycles. The van der Waals surface area contributed by atoms with Gasteiger partial charge in [0.2, 0.25) is 0 Å². The summed E-state index contributed by atoms with van der Waals surface area (Å²) < 4.78 is 9.55. The molecule has 0 radical (unpaired) electrons. The Balaban J connectivity index is 1.80. The zero-order chi connectivity index (χ0) is 15.9. The summed E-state index contributed by atoms with van der Waals surface area (Å²) in [7, 11) is 3.83. The van der Waals surface area contributed by atoms with Crippen molar-refractivity contribution < 1.29 is 9.53 Å². The summed E-state index contributed by atoms with van der Waals surface area (Å²) >= 11 is 0. The van der Waals surface area contributed by atoms with Gasteiger partial charge in [-0.2, -0.15) is 5.10 Å². The monoisotopic (exact) mass is 302 g/mol. The van der Waals surface area contributed by atoms with Gasteiger partial charge < -0.3 is 14.6 Å². The smallest absolute Gasteiger partial charge is 0.272 e. The van der Waals surface area contributed by atoms with Crippen molar-refractivity contribution in [3.63, 3.8) is 0 Å². The number of fused-ring (bicyclic) bond motifs is 1. The van der Waals surface area contributed by atoms with Crippen LogP contribution in [-0.4, -0.2) is 26.4 Å². The lowest BCUT2D eigenvalue weighted by atomic mass is 9.99. The summed E-state index contributed by atoms with van der Waals surface area (Å²) in [6.45, 7) is 4.53. The number of ether oxygens (including phenoxy) is 1. The Labute approximate surface area is 130 Å². The highest BCUT2D eigenvalue weighted by molar-refractivity contribution is 5.94. The minimum Gasteiger partial charge on any atom is -0.369 e. The third-order valence-corrected chi connectivity index (χ3v) is 4.07. The third-order valence-electron chi connectivity index (χ3n) is 4.07. The average Bonchev–Trinajstić information content (AvgIpc) is 3.00. The molecule has 0 saturated heterocycles. The number of hydrogen-bond acceptors (Lipinski definition) is 3. The van der Waals surface area contributed by atoms with Gasteiger partial charge in [0.05, 0.1) is 17.9 Å². The van der Waals surface area contributed by atoms with Crippen molar-refractivity contribution in [2.75, 3.05) is 0 Å². The van der Waals surface area contributed by atoms with Crippen molar-refractivity contribution >= 4 is 5.91 Å². The fraction of sp³-hybridized carbons (Fsp3) is 0.500. The van der Waals surface area contributed by atoms with Crippen molar-refractivity contribution in [3.05, 3.63) is 41.0 Å². The van der Waals surface area contributed by atoms with E-state index in [2.05, 4.69) is 10.4 Å². The molecule has 6 heteroatoms. The zero-order valence-corrected chi connectivity index (χ0v) is 13.5. The standard InChI is InChI=1S/C16H22N4O2/c1-10-7-13-14(18-20(4)15(13)11(2)22-10)16(21)17-8-12-5-6-19(3)9-12/h5-6,9-11H,7-8H2,1-4H3,(H,17,21)/t10-,11+/m1/s1. The maximum Gasteiger partial charge on any atom is 0.272 e. The molecule has 0 aromatic carbocycles. The topological polar surface area (TPSA) is 61.1 Å². The fourth-order valence-electron chi connectivity index (χ4n) is 3.15. The van der Waals surface area contributed by atoms with Gasteiger partial charge in [0.15, 0.2) is 5.69 Å². The predicted octanol–water partition coefficient (Wildman–Crippen LogP) is 1.71. The van der Waals surface area contributed by atoms with E-state index in [4.69, 9.17) is 4.74 Å². The lowest BCUT2D eigenvalue weighted by Crippen LogP contribution is -2.27. The van der Waals surface area contributed by atoms with E-state index in [9.17, 15) is 4.79 Å². The Kier molecular flexibility index (Phi) is 3.78. The lowest BCUT2D eigenvalue weighted by Gasteiger charge is -2.26. The highest BCUT2D eigenvalue weighted by Gasteiger charge is 2.31. The van der Waals surface area contributed by atoms with E-state index in [1.54, 1.807) is 4.68 Å². The van der Waals surface area contributed by atoms with Crippen molar-refractivity contribution in [2.24, 2.45) is 14.1 Å². The van der Waals surface area contributed by atoms with Crippen LogP contribution in [0.2, 0.25) is 0 Å². The maximum absolute atomic E-state index is 12.5. The molecular weight excluding hydrogens is 280 g/mol. The molecule has 0 bridgehead atoms. The first kappa shape index (κ1) is 14.8. The van der Waals surface area contributed by atoms with Crippen LogP contribution in [0.4, 0.5) is 0 Å². The second kappa shape index (κ2) is 5.61.